The Morgan fingerprint density at radius 2 is 2.17 bits per heavy atom. The Morgan fingerprint density at radius 1 is 1.42 bits per heavy atom. The van der Waals surface area contributed by atoms with E-state index in [2.05, 4.69) is 20.6 Å². The van der Waals surface area contributed by atoms with E-state index in [4.69, 9.17) is 0 Å². The lowest BCUT2D eigenvalue weighted by atomic mass is 10.2. The third kappa shape index (κ3) is 1.22. The van der Waals surface area contributed by atoms with E-state index in [1.165, 1.54) is 0 Å². The van der Waals surface area contributed by atoms with Gasteiger partial charge in [0, 0.05) is 12.4 Å². The maximum absolute atomic E-state index is 10.6. The van der Waals surface area contributed by atoms with Crippen LogP contribution in [0.4, 0.5) is 4.79 Å². The lowest BCUT2D eigenvalue weighted by molar-refractivity contribution is 0.121. The van der Waals surface area contributed by atoms with Crippen molar-refractivity contribution < 1.29 is 9.63 Å². The Bertz CT molecular complexity index is 288. The highest BCUT2D eigenvalue weighted by Crippen LogP contribution is 2.11. The number of hydrogen-bond acceptors (Lipinski definition) is 4. The van der Waals surface area contributed by atoms with Gasteiger partial charge in [-0.15, -0.1) is 5.48 Å². The largest absolute Gasteiger partial charge is 0.427 e. The molecule has 1 saturated heterocycles. The zero-order valence-electron chi connectivity index (χ0n) is 6.15. The fourth-order valence-electron chi connectivity index (χ4n) is 0.996. The van der Waals surface area contributed by atoms with Crippen LogP contribution < -0.4 is 10.8 Å². The zero-order valence-corrected chi connectivity index (χ0v) is 6.15. The summed E-state index contributed by atoms with van der Waals surface area (Å²) in [7, 11) is 0. The Morgan fingerprint density at radius 3 is 2.75 bits per heavy atom. The smallest absolute Gasteiger partial charge is 0.351 e. The first-order chi connectivity index (χ1) is 5.86. The van der Waals surface area contributed by atoms with E-state index >= 15 is 0 Å². The summed E-state index contributed by atoms with van der Waals surface area (Å²) in [5, 5.41) is 2.57. The van der Waals surface area contributed by atoms with Crippen molar-refractivity contribution in [3.63, 3.8) is 0 Å². The highest BCUT2D eigenvalue weighted by Gasteiger charge is 2.22. The minimum atomic E-state index is -0.461. The number of hydroxylamine groups is 1. The number of pyridine rings is 1. The van der Waals surface area contributed by atoms with Crippen LogP contribution in [0.15, 0.2) is 24.5 Å². The van der Waals surface area contributed by atoms with Gasteiger partial charge in [-0.05, 0) is 17.7 Å². The van der Waals surface area contributed by atoms with Gasteiger partial charge in [-0.1, -0.05) is 0 Å². The first kappa shape index (κ1) is 7.05. The number of carbonyl (C=O) groups excluding carboxylic acids is 1. The molecule has 0 aromatic carbocycles. The van der Waals surface area contributed by atoms with Crippen molar-refractivity contribution >= 4 is 6.09 Å². The van der Waals surface area contributed by atoms with Crippen LogP contribution in [0, 0.1) is 0 Å². The number of carbonyl (C=O) groups is 1. The average Bonchev–Trinajstić information content (AvgIpc) is 2.54. The van der Waals surface area contributed by atoms with Crippen molar-refractivity contribution in [2.24, 2.45) is 0 Å². The number of aromatic nitrogens is 1. The summed E-state index contributed by atoms with van der Waals surface area (Å²) >= 11 is 0. The average molecular weight is 165 g/mol. The normalized spacial score (nSPS) is 21.7. The SMILES string of the molecule is O=C1NC(c2ccncc2)NO1. The molecule has 2 N–H and O–H groups in total. The summed E-state index contributed by atoms with van der Waals surface area (Å²) in [5.74, 6) is 0. The van der Waals surface area contributed by atoms with Gasteiger partial charge in [0.1, 0.15) is 6.17 Å². The van der Waals surface area contributed by atoms with Gasteiger partial charge in [-0.3, -0.25) is 10.3 Å². The molecule has 1 aromatic rings. The van der Waals surface area contributed by atoms with E-state index in [-0.39, 0.29) is 6.17 Å². The molecular weight excluding hydrogens is 158 g/mol. The Balaban J connectivity index is 2.16. The molecule has 0 saturated carbocycles. The second-order valence-electron chi connectivity index (χ2n) is 2.37. The van der Waals surface area contributed by atoms with Gasteiger partial charge >= 0.3 is 6.09 Å². The third-order valence-electron chi connectivity index (χ3n) is 1.57. The number of hydrogen-bond donors (Lipinski definition) is 2. The molecule has 62 valence electrons. The molecular formula is C7H7N3O2. The fourth-order valence-corrected chi connectivity index (χ4v) is 0.996. The first-order valence-corrected chi connectivity index (χ1v) is 3.49. The van der Waals surface area contributed by atoms with Crippen LogP contribution in [0.25, 0.3) is 0 Å². The molecule has 2 rings (SSSR count). The molecule has 0 aliphatic carbocycles. The predicted octanol–water partition coefficient (Wildman–Crippen LogP) is 0.325. The van der Waals surface area contributed by atoms with Gasteiger partial charge in [-0.2, -0.15) is 0 Å². The standard InChI is InChI=1S/C7H7N3O2/c11-7-9-6(10-12-7)5-1-3-8-4-2-5/h1-4,6,10H,(H,9,11). The maximum Gasteiger partial charge on any atom is 0.427 e. The van der Waals surface area contributed by atoms with E-state index in [0.717, 1.165) is 5.56 Å². The van der Waals surface area contributed by atoms with Crippen LogP contribution >= 0.6 is 0 Å². The first-order valence-electron chi connectivity index (χ1n) is 3.49. The van der Waals surface area contributed by atoms with E-state index in [9.17, 15) is 4.79 Å². The molecule has 2 heterocycles. The number of nitrogens with zero attached hydrogens (tertiary/aromatic N) is 1. The van der Waals surface area contributed by atoms with Crippen LogP contribution in [0.1, 0.15) is 11.7 Å². The van der Waals surface area contributed by atoms with Gasteiger partial charge in [0.2, 0.25) is 0 Å². The van der Waals surface area contributed by atoms with Gasteiger partial charge in [-0.25, -0.2) is 4.79 Å². The lowest BCUT2D eigenvalue weighted by Gasteiger charge is -2.05. The molecule has 5 nitrogen and oxygen atoms in total. The Kier molecular flexibility index (Phi) is 1.64. The summed E-state index contributed by atoms with van der Waals surface area (Å²) < 4.78 is 0. The van der Waals surface area contributed by atoms with Crippen molar-refractivity contribution in [2.75, 3.05) is 0 Å². The molecule has 12 heavy (non-hydrogen) atoms. The molecule has 0 spiro atoms. The molecule has 1 aliphatic heterocycles. The van der Waals surface area contributed by atoms with Crippen LogP contribution in [0.2, 0.25) is 0 Å². The summed E-state index contributed by atoms with van der Waals surface area (Å²) in [6, 6.07) is 3.60. The van der Waals surface area contributed by atoms with Gasteiger partial charge in [0.25, 0.3) is 0 Å². The minimum absolute atomic E-state index is 0.263. The molecule has 0 radical (unpaired) electrons. The van der Waals surface area contributed by atoms with Crippen LogP contribution in [-0.2, 0) is 4.84 Å². The van der Waals surface area contributed by atoms with Crippen LogP contribution in [-0.4, -0.2) is 11.1 Å². The van der Waals surface area contributed by atoms with E-state index in [0.29, 0.717) is 0 Å². The third-order valence-corrected chi connectivity index (χ3v) is 1.57. The molecule has 1 unspecified atom stereocenters. The fraction of sp³-hybridized carbons (Fsp3) is 0.143. The minimum Gasteiger partial charge on any atom is -0.351 e. The zero-order chi connectivity index (χ0) is 8.39. The summed E-state index contributed by atoms with van der Waals surface area (Å²) in [6.07, 6.45) is 2.58. The lowest BCUT2D eigenvalue weighted by Crippen LogP contribution is -2.21. The summed E-state index contributed by atoms with van der Waals surface area (Å²) in [6.45, 7) is 0. The summed E-state index contributed by atoms with van der Waals surface area (Å²) in [4.78, 5) is 19.0. The highest BCUT2D eigenvalue weighted by molar-refractivity contribution is 5.69. The van der Waals surface area contributed by atoms with E-state index in [1.807, 2.05) is 0 Å². The molecule has 1 amide bonds. The highest BCUT2D eigenvalue weighted by atomic mass is 16.7. The number of nitrogens with one attached hydrogen (secondary N) is 2. The van der Waals surface area contributed by atoms with E-state index in [1.54, 1.807) is 24.5 Å². The van der Waals surface area contributed by atoms with Gasteiger partial charge < -0.3 is 4.84 Å². The second kappa shape index (κ2) is 2.78. The molecule has 1 atom stereocenters. The van der Waals surface area contributed by atoms with Crippen molar-refractivity contribution in [1.29, 1.82) is 0 Å². The molecule has 1 aromatic heterocycles. The Labute approximate surface area is 68.7 Å². The second-order valence-corrected chi connectivity index (χ2v) is 2.37. The van der Waals surface area contributed by atoms with Crippen molar-refractivity contribution in [2.45, 2.75) is 6.17 Å². The molecule has 5 heteroatoms. The quantitative estimate of drug-likeness (QED) is 0.629. The summed E-state index contributed by atoms with van der Waals surface area (Å²) in [5.41, 5.74) is 3.45. The Hall–Kier alpha value is -1.62. The van der Waals surface area contributed by atoms with Gasteiger partial charge in [0.05, 0.1) is 0 Å². The molecule has 1 fully saturated rings. The van der Waals surface area contributed by atoms with Crippen molar-refractivity contribution in [3.05, 3.63) is 30.1 Å². The topological polar surface area (TPSA) is 63.2 Å². The number of amides is 1. The van der Waals surface area contributed by atoms with Crippen molar-refractivity contribution in [3.8, 4) is 0 Å². The van der Waals surface area contributed by atoms with Crippen LogP contribution in [0.5, 0.6) is 0 Å². The van der Waals surface area contributed by atoms with E-state index < -0.39 is 6.09 Å². The van der Waals surface area contributed by atoms with Crippen molar-refractivity contribution in [1.82, 2.24) is 15.8 Å². The number of rotatable bonds is 1. The van der Waals surface area contributed by atoms with Gasteiger partial charge in [0.15, 0.2) is 0 Å². The maximum atomic E-state index is 10.6. The monoisotopic (exact) mass is 165 g/mol. The molecule has 0 bridgehead atoms. The predicted molar refractivity (Wildman–Crippen MR) is 39.7 cm³/mol. The molecule has 1 aliphatic rings. The van der Waals surface area contributed by atoms with Crippen LogP contribution in [0.3, 0.4) is 0 Å².